The van der Waals surface area contributed by atoms with Crippen LogP contribution in [0.5, 0.6) is 11.5 Å². The van der Waals surface area contributed by atoms with Gasteiger partial charge in [0.2, 0.25) is 0 Å². The highest BCUT2D eigenvalue weighted by Crippen LogP contribution is 2.37. The summed E-state index contributed by atoms with van der Waals surface area (Å²) < 4.78 is 11.2. The number of benzene rings is 2. The molecule has 0 saturated heterocycles. The zero-order valence-electron chi connectivity index (χ0n) is 12.5. The molecule has 1 heterocycles. The zero-order valence-corrected chi connectivity index (χ0v) is 12.5. The molecule has 0 radical (unpaired) electrons. The van der Waals surface area contributed by atoms with Crippen molar-refractivity contribution in [3.8, 4) is 11.5 Å². The number of ketones is 1. The summed E-state index contributed by atoms with van der Waals surface area (Å²) in [5, 5.41) is 0. The van der Waals surface area contributed by atoms with Gasteiger partial charge in [0.1, 0.15) is 17.6 Å². The summed E-state index contributed by atoms with van der Waals surface area (Å²) in [6.07, 6.45) is 0.156. The molecular weight excluding hydrogens is 264 g/mol. The number of fused-ring (bicyclic) bond motifs is 1. The van der Waals surface area contributed by atoms with Crippen molar-refractivity contribution in [2.24, 2.45) is 0 Å². The minimum absolute atomic E-state index is 0.0982. The first-order valence-corrected chi connectivity index (χ1v) is 7.03. The van der Waals surface area contributed by atoms with Crippen LogP contribution in [0.1, 0.15) is 39.6 Å². The SMILES string of the molecule is COc1ccc2c(c1)C(=O)CC(c1cc(C)ccc1C)O2. The van der Waals surface area contributed by atoms with Crippen molar-refractivity contribution >= 4 is 5.78 Å². The minimum Gasteiger partial charge on any atom is -0.497 e. The van der Waals surface area contributed by atoms with E-state index < -0.39 is 0 Å². The quantitative estimate of drug-likeness (QED) is 0.834. The fraction of sp³-hybridized carbons (Fsp3) is 0.278. The van der Waals surface area contributed by atoms with Crippen molar-refractivity contribution in [3.05, 3.63) is 58.7 Å². The number of carbonyl (C=O) groups is 1. The maximum absolute atomic E-state index is 12.4. The van der Waals surface area contributed by atoms with Crippen LogP contribution in [0.4, 0.5) is 0 Å². The summed E-state index contributed by atoms with van der Waals surface area (Å²) in [5.41, 5.74) is 4.02. The van der Waals surface area contributed by atoms with E-state index in [1.54, 1.807) is 13.2 Å². The Morgan fingerprint density at radius 1 is 1.14 bits per heavy atom. The van der Waals surface area contributed by atoms with Crippen molar-refractivity contribution in [2.45, 2.75) is 26.4 Å². The summed E-state index contributed by atoms with van der Waals surface area (Å²) in [6, 6.07) is 11.6. The molecule has 3 nitrogen and oxygen atoms in total. The number of Topliss-reactive ketones (excluding diaryl/α,β-unsaturated/α-hetero) is 1. The van der Waals surface area contributed by atoms with Crippen molar-refractivity contribution in [1.29, 1.82) is 0 Å². The summed E-state index contributed by atoms with van der Waals surface area (Å²) >= 11 is 0. The first-order valence-electron chi connectivity index (χ1n) is 7.03. The van der Waals surface area contributed by atoms with Crippen LogP contribution in [-0.4, -0.2) is 12.9 Å². The van der Waals surface area contributed by atoms with Crippen LogP contribution in [0.25, 0.3) is 0 Å². The van der Waals surface area contributed by atoms with Gasteiger partial charge in [0.05, 0.1) is 19.1 Å². The molecule has 1 aliphatic rings. The monoisotopic (exact) mass is 282 g/mol. The van der Waals surface area contributed by atoms with Crippen LogP contribution in [0.3, 0.4) is 0 Å². The molecule has 1 aliphatic heterocycles. The second kappa shape index (κ2) is 5.24. The largest absolute Gasteiger partial charge is 0.497 e. The van der Waals surface area contributed by atoms with Gasteiger partial charge in [0.25, 0.3) is 0 Å². The molecule has 21 heavy (non-hydrogen) atoms. The van der Waals surface area contributed by atoms with Crippen molar-refractivity contribution in [1.82, 2.24) is 0 Å². The Hall–Kier alpha value is -2.29. The molecule has 1 atom stereocenters. The van der Waals surface area contributed by atoms with Crippen molar-refractivity contribution < 1.29 is 14.3 Å². The topological polar surface area (TPSA) is 35.5 Å². The molecule has 108 valence electrons. The lowest BCUT2D eigenvalue weighted by atomic mass is 9.93. The first kappa shape index (κ1) is 13.7. The fourth-order valence-corrected chi connectivity index (χ4v) is 2.71. The van der Waals surface area contributed by atoms with E-state index in [-0.39, 0.29) is 11.9 Å². The molecule has 0 spiro atoms. The highest BCUT2D eigenvalue weighted by molar-refractivity contribution is 6.00. The molecule has 0 fully saturated rings. The second-order valence-corrected chi connectivity index (χ2v) is 5.46. The van der Waals surface area contributed by atoms with E-state index in [1.165, 1.54) is 5.56 Å². The molecule has 0 saturated carbocycles. The van der Waals surface area contributed by atoms with E-state index in [2.05, 4.69) is 18.2 Å². The Morgan fingerprint density at radius 2 is 1.95 bits per heavy atom. The third-order valence-corrected chi connectivity index (χ3v) is 3.91. The van der Waals surface area contributed by atoms with Gasteiger partial charge in [-0.3, -0.25) is 4.79 Å². The standard InChI is InChI=1S/C18H18O3/c1-11-4-5-12(2)14(8-11)18-10-16(19)15-9-13(20-3)6-7-17(15)21-18/h4-9,18H,10H2,1-3H3. The van der Waals surface area contributed by atoms with Crippen LogP contribution in [0, 0.1) is 13.8 Å². The summed E-state index contributed by atoms with van der Waals surface area (Å²) in [7, 11) is 1.59. The molecule has 0 N–H and O–H groups in total. The normalized spacial score (nSPS) is 17.1. The Morgan fingerprint density at radius 3 is 2.71 bits per heavy atom. The van der Waals surface area contributed by atoms with Crippen molar-refractivity contribution in [3.63, 3.8) is 0 Å². The predicted octanol–water partition coefficient (Wildman–Crippen LogP) is 4.02. The molecular formula is C18H18O3. The van der Waals surface area contributed by atoms with E-state index >= 15 is 0 Å². The maximum Gasteiger partial charge on any atom is 0.170 e. The van der Waals surface area contributed by atoms with Gasteiger partial charge < -0.3 is 9.47 Å². The van der Waals surface area contributed by atoms with Crippen LogP contribution >= 0.6 is 0 Å². The summed E-state index contributed by atoms with van der Waals surface area (Å²) in [6.45, 7) is 4.10. The second-order valence-electron chi connectivity index (χ2n) is 5.46. The Kier molecular flexibility index (Phi) is 3.42. The Labute approximate surface area is 124 Å². The van der Waals surface area contributed by atoms with Crippen LogP contribution in [-0.2, 0) is 0 Å². The summed E-state index contributed by atoms with van der Waals surface area (Å²) in [4.78, 5) is 12.4. The van der Waals surface area contributed by atoms with Gasteiger partial charge in [-0.2, -0.15) is 0 Å². The molecule has 3 heteroatoms. The van der Waals surface area contributed by atoms with Crippen molar-refractivity contribution in [2.75, 3.05) is 7.11 Å². The number of carbonyl (C=O) groups excluding carboxylic acids is 1. The van der Waals surface area contributed by atoms with Crippen LogP contribution in [0.15, 0.2) is 36.4 Å². The lowest BCUT2D eigenvalue weighted by Crippen LogP contribution is -2.21. The minimum atomic E-state index is -0.210. The number of rotatable bonds is 2. The third kappa shape index (κ3) is 2.51. The van der Waals surface area contributed by atoms with Gasteiger partial charge in [-0.1, -0.05) is 23.8 Å². The molecule has 0 aromatic heterocycles. The van der Waals surface area contributed by atoms with Gasteiger partial charge in [0, 0.05) is 0 Å². The maximum atomic E-state index is 12.4. The number of aryl methyl sites for hydroxylation is 2. The van der Waals surface area contributed by atoms with Gasteiger partial charge in [-0.25, -0.2) is 0 Å². The molecule has 2 aromatic carbocycles. The van der Waals surface area contributed by atoms with E-state index in [9.17, 15) is 4.79 Å². The van der Waals surface area contributed by atoms with Gasteiger partial charge in [-0.05, 0) is 43.2 Å². The van der Waals surface area contributed by atoms with Crippen LogP contribution < -0.4 is 9.47 Å². The predicted molar refractivity (Wildman–Crippen MR) is 81.2 cm³/mol. The zero-order chi connectivity index (χ0) is 15.0. The molecule has 2 aromatic rings. The molecule has 1 unspecified atom stereocenters. The smallest absolute Gasteiger partial charge is 0.170 e. The number of hydrogen-bond acceptors (Lipinski definition) is 3. The van der Waals surface area contributed by atoms with E-state index in [0.29, 0.717) is 23.5 Å². The number of methoxy groups -OCH3 is 1. The first-order chi connectivity index (χ1) is 10.1. The van der Waals surface area contributed by atoms with E-state index in [0.717, 1.165) is 11.1 Å². The summed E-state index contributed by atoms with van der Waals surface area (Å²) in [5.74, 6) is 1.41. The van der Waals surface area contributed by atoms with Gasteiger partial charge in [-0.15, -0.1) is 0 Å². The Bertz CT molecular complexity index is 704. The van der Waals surface area contributed by atoms with Gasteiger partial charge in [0.15, 0.2) is 5.78 Å². The van der Waals surface area contributed by atoms with Gasteiger partial charge >= 0.3 is 0 Å². The molecule has 0 amide bonds. The third-order valence-electron chi connectivity index (χ3n) is 3.91. The average Bonchev–Trinajstić information content (AvgIpc) is 2.49. The molecule has 0 aliphatic carbocycles. The average molecular weight is 282 g/mol. The van der Waals surface area contributed by atoms with E-state index in [4.69, 9.17) is 9.47 Å². The lowest BCUT2D eigenvalue weighted by Gasteiger charge is -2.27. The number of ether oxygens (including phenoxy) is 2. The highest BCUT2D eigenvalue weighted by atomic mass is 16.5. The fourth-order valence-electron chi connectivity index (χ4n) is 2.71. The molecule has 0 bridgehead atoms. The highest BCUT2D eigenvalue weighted by Gasteiger charge is 2.28. The van der Waals surface area contributed by atoms with Crippen LogP contribution in [0.2, 0.25) is 0 Å². The number of hydrogen-bond donors (Lipinski definition) is 0. The Balaban J connectivity index is 1.98. The van der Waals surface area contributed by atoms with E-state index in [1.807, 2.05) is 26.0 Å². The lowest BCUT2D eigenvalue weighted by molar-refractivity contribution is 0.0848. The molecule has 3 rings (SSSR count).